The van der Waals surface area contributed by atoms with Gasteiger partial charge in [-0.1, -0.05) is 24.8 Å². The molecule has 0 bridgehead atoms. The van der Waals surface area contributed by atoms with Crippen molar-refractivity contribution in [2.45, 2.75) is 6.92 Å². The Balaban J connectivity index is 2.85. The zero-order valence-electron chi connectivity index (χ0n) is 10.4. The normalized spacial score (nSPS) is 10.3. The van der Waals surface area contributed by atoms with Gasteiger partial charge in [0.25, 0.3) is 0 Å². The molecule has 88 valence electrons. The van der Waals surface area contributed by atoms with Gasteiger partial charge in [-0.3, -0.25) is 0 Å². The fourth-order valence-electron chi connectivity index (χ4n) is 2.08. The Morgan fingerprint density at radius 1 is 1.06 bits per heavy atom. The van der Waals surface area contributed by atoms with Crippen molar-refractivity contribution in [2.75, 3.05) is 14.2 Å². The van der Waals surface area contributed by atoms with Crippen LogP contribution >= 0.6 is 0 Å². The number of methoxy groups -OCH3 is 2. The van der Waals surface area contributed by atoms with Gasteiger partial charge in [0, 0.05) is 5.39 Å². The molecule has 0 aromatic heterocycles. The Bertz CT molecular complexity index is 571. The standard InChI is InChI=1S/C15H16O2/c1-5-11-6-7-12-8-10(2)14(16-3)15(17-4)13(12)9-11/h5-9H,1H2,2-4H3. The summed E-state index contributed by atoms with van der Waals surface area (Å²) in [4.78, 5) is 0. The van der Waals surface area contributed by atoms with Crippen molar-refractivity contribution in [2.24, 2.45) is 0 Å². The molecule has 0 aliphatic carbocycles. The molecule has 2 aromatic carbocycles. The van der Waals surface area contributed by atoms with E-state index < -0.39 is 0 Å². The maximum Gasteiger partial charge on any atom is 0.168 e. The summed E-state index contributed by atoms with van der Waals surface area (Å²) in [6.45, 7) is 5.80. The largest absolute Gasteiger partial charge is 0.493 e. The molecule has 0 heterocycles. The predicted molar refractivity (Wildman–Crippen MR) is 71.9 cm³/mol. The van der Waals surface area contributed by atoms with Gasteiger partial charge in [-0.05, 0) is 35.6 Å². The van der Waals surface area contributed by atoms with Gasteiger partial charge in [0.15, 0.2) is 11.5 Å². The van der Waals surface area contributed by atoms with Crippen LogP contribution in [0, 0.1) is 6.92 Å². The lowest BCUT2D eigenvalue weighted by atomic mass is 10.0. The van der Waals surface area contributed by atoms with Gasteiger partial charge in [0.2, 0.25) is 0 Å². The number of aryl methyl sites for hydroxylation is 1. The van der Waals surface area contributed by atoms with E-state index in [0.29, 0.717) is 0 Å². The first-order valence-electron chi connectivity index (χ1n) is 5.49. The molecule has 2 aromatic rings. The molecule has 2 nitrogen and oxygen atoms in total. The molecule has 0 amide bonds. The van der Waals surface area contributed by atoms with E-state index in [9.17, 15) is 0 Å². The van der Waals surface area contributed by atoms with Crippen LogP contribution in [-0.4, -0.2) is 14.2 Å². The second-order valence-electron chi connectivity index (χ2n) is 3.94. The van der Waals surface area contributed by atoms with Crippen LogP contribution < -0.4 is 9.47 Å². The lowest BCUT2D eigenvalue weighted by molar-refractivity contribution is 0.356. The molecule has 2 rings (SSSR count). The van der Waals surface area contributed by atoms with E-state index in [4.69, 9.17) is 9.47 Å². The van der Waals surface area contributed by atoms with E-state index in [2.05, 4.69) is 24.8 Å². The maximum atomic E-state index is 5.47. The van der Waals surface area contributed by atoms with E-state index in [1.807, 2.05) is 19.1 Å². The Hall–Kier alpha value is -1.96. The average molecular weight is 228 g/mol. The van der Waals surface area contributed by atoms with Crippen LogP contribution in [0.5, 0.6) is 11.5 Å². The van der Waals surface area contributed by atoms with Crippen LogP contribution in [-0.2, 0) is 0 Å². The highest BCUT2D eigenvalue weighted by molar-refractivity contribution is 5.93. The van der Waals surface area contributed by atoms with Crippen molar-refractivity contribution in [1.82, 2.24) is 0 Å². The minimum absolute atomic E-state index is 0.784. The van der Waals surface area contributed by atoms with E-state index in [0.717, 1.165) is 33.4 Å². The Morgan fingerprint density at radius 2 is 1.76 bits per heavy atom. The molecule has 0 unspecified atom stereocenters. The summed E-state index contributed by atoms with van der Waals surface area (Å²) in [7, 11) is 3.32. The number of hydrogen-bond acceptors (Lipinski definition) is 2. The molecule has 0 saturated carbocycles. The summed E-state index contributed by atoms with van der Waals surface area (Å²) in [5.41, 5.74) is 2.14. The number of rotatable bonds is 3. The molecule has 0 aliphatic rings. The summed E-state index contributed by atoms with van der Waals surface area (Å²) < 4.78 is 10.9. The molecule has 0 radical (unpaired) electrons. The average Bonchev–Trinajstić information content (AvgIpc) is 2.36. The Labute approximate surface area is 101 Å². The van der Waals surface area contributed by atoms with Crippen molar-refractivity contribution in [3.05, 3.63) is 42.0 Å². The molecule has 0 spiro atoms. The third kappa shape index (κ3) is 1.86. The first kappa shape index (κ1) is 11.5. The van der Waals surface area contributed by atoms with E-state index in [1.165, 1.54) is 0 Å². The van der Waals surface area contributed by atoms with Gasteiger partial charge in [-0.2, -0.15) is 0 Å². The molecule has 0 N–H and O–H groups in total. The van der Waals surface area contributed by atoms with Crippen molar-refractivity contribution < 1.29 is 9.47 Å². The first-order valence-corrected chi connectivity index (χ1v) is 5.49. The molecular formula is C15H16O2. The molecule has 0 fully saturated rings. The van der Waals surface area contributed by atoms with Crippen LogP contribution in [0.4, 0.5) is 0 Å². The fourth-order valence-corrected chi connectivity index (χ4v) is 2.08. The second kappa shape index (κ2) is 4.50. The van der Waals surface area contributed by atoms with Gasteiger partial charge in [0.05, 0.1) is 14.2 Å². The SMILES string of the molecule is C=Cc1ccc2cc(C)c(OC)c(OC)c2c1. The number of fused-ring (bicyclic) bond motifs is 1. The number of ether oxygens (including phenoxy) is 2. The minimum Gasteiger partial charge on any atom is -0.493 e. The van der Waals surface area contributed by atoms with Crippen LogP contribution in [0.1, 0.15) is 11.1 Å². The van der Waals surface area contributed by atoms with Crippen molar-refractivity contribution in [3.8, 4) is 11.5 Å². The molecule has 0 saturated heterocycles. The zero-order chi connectivity index (χ0) is 12.4. The summed E-state index contributed by atoms with van der Waals surface area (Å²) in [5.74, 6) is 1.58. The Kier molecular flexibility index (Phi) is 3.05. The van der Waals surface area contributed by atoms with Crippen molar-refractivity contribution in [1.29, 1.82) is 0 Å². The van der Waals surface area contributed by atoms with Crippen LogP contribution in [0.15, 0.2) is 30.8 Å². The van der Waals surface area contributed by atoms with Crippen LogP contribution in [0.2, 0.25) is 0 Å². The zero-order valence-corrected chi connectivity index (χ0v) is 10.4. The minimum atomic E-state index is 0.784. The highest BCUT2D eigenvalue weighted by Gasteiger charge is 2.12. The molecule has 0 aliphatic heterocycles. The van der Waals surface area contributed by atoms with E-state index in [-0.39, 0.29) is 0 Å². The van der Waals surface area contributed by atoms with E-state index >= 15 is 0 Å². The molecule has 0 atom stereocenters. The third-order valence-corrected chi connectivity index (χ3v) is 2.90. The number of hydrogen-bond donors (Lipinski definition) is 0. The highest BCUT2D eigenvalue weighted by atomic mass is 16.5. The van der Waals surface area contributed by atoms with Gasteiger partial charge in [0.1, 0.15) is 0 Å². The predicted octanol–water partition coefficient (Wildman–Crippen LogP) is 3.81. The smallest absolute Gasteiger partial charge is 0.168 e. The maximum absolute atomic E-state index is 5.47. The summed E-state index contributed by atoms with van der Waals surface area (Å²) in [6.07, 6.45) is 1.82. The lowest BCUT2D eigenvalue weighted by Gasteiger charge is -2.14. The summed E-state index contributed by atoms with van der Waals surface area (Å²) in [5, 5.41) is 2.19. The van der Waals surface area contributed by atoms with Gasteiger partial charge in [-0.25, -0.2) is 0 Å². The number of benzene rings is 2. The first-order chi connectivity index (χ1) is 8.21. The highest BCUT2D eigenvalue weighted by Crippen LogP contribution is 2.38. The lowest BCUT2D eigenvalue weighted by Crippen LogP contribution is -1.94. The molecule has 17 heavy (non-hydrogen) atoms. The summed E-state index contributed by atoms with van der Waals surface area (Å²) in [6, 6.07) is 8.27. The van der Waals surface area contributed by atoms with Crippen molar-refractivity contribution >= 4 is 16.8 Å². The quantitative estimate of drug-likeness (QED) is 0.795. The fraction of sp³-hybridized carbons (Fsp3) is 0.200. The molecular weight excluding hydrogens is 212 g/mol. The van der Waals surface area contributed by atoms with Crippen molar-refractivity contribution in [3.63, 3.8) is 0 Å². The second-order valence-corrected chi connectivity index (χ2v) is 3.94. The molecule has 2 heteroatoms. The van der Waals surface area contributed by atoms with Gasteiger partial charge < -0.3 is 9.47 Å². The van der Waals surface area contributed by atoms with E-state index in [1.54, 1.807) is 14.2 Å². The van der Waals surface area contributed by atoms with Gasteiger partial charge in [-0.15, -0.1) is 0 Å². The topological polar surface area (TPSA) is 18.5 Å². The van der Waals surface area contributed by atoms with Crippen LogP contribution in [0.25, 0.3) is 16.8 Å². The monoisotopic (exact) mass is 228 g/mol. The Morgan fingerprint density at radius 3 is 2.35 bits per heavy atom. The van der Waals surface area contributed by atoms with Crippen LogP contribution in [0.3, 0.4) is 0 Å². The summed E-state index contributed by atoms with van der Waals surface area (Å²) >= 11 is 0. The third-order valence-electron chi connectivity index (χ3n) is 2.90. The van der Waals surface area contributed by atoms with Gasteiger partial charge >= 0.3 is 0 Å².